The molecule has 2 aromatic carbocycles. The maximum absolute atomic E-state index is 13.0. The van der Waals surface area contributed by atoms with Crippen molar-refractivity contribution in [1.29, 1.82) is 0 Å². The summed E-state index contributed by atoms with van der Waals surface area (Å²) in [5.41, 5.74) is 4.19. The molecule has 0 radical (unpaired) electrons. The highest BCUT2D eigenvalue weighted by Crippen LogP contribution is 2.27. The van der Waals surface area contributed by atoms with E-state index in [1.807, 2.05) is 35.2 Å². The molecule has 0 saturated carbocycles. The van der Waals surface area contributed by atoms with Gasteiger partial charge in [-0.25, -0.2) is 4.79 Å². The second-order valence-electron chi connectivity index (χ2n) is 7.84. The molecule has 1 aromatic heterocycles. The van der Waals surface area contributed by atoms with E-state index >= 15 is 0 Å². The highest BCUT2D eigenvalue weighted by molar-refractivity contribution is 5.90. The van der Waals surface area contributed by atoms with Crippen LogP contribution >= 0.6 is 0 Å². The van der Waals surface area contributed by atoms with Crippen LogP contribution in [0.25, 0.3) is 10.9 Å². The summed E-state index contributed by atoms with van der Waals surface area (Å²) < 4.78 is 2.33. The first kappa shape index (κ1) is 17.8. The number of carbonyl (C=O) groups excluding carboxylic acids is 2. The number of nitrogens with zero attached hydrogens (tertiary/aromatic N) is 2. The number of nitrogens with one attached hydrogen (secondary N) is 2. The van der Waals surface area contributed by atoms with Crippen LogP contribution in [-0.2, 0) is 17.9 Å². The minimum absolute atomic E-state index is 0.0354. The molecule has 3 heterocycles. The van der Waals surface area contributed by atoms with E-state index in [2.05, 4.69) is 39.5 Å². The number of hydrogen-bond acceptors (Lipinski definition) is 2. The van der Waals surface area contributed by atoms with E-state index in [9.17, 15) is 9.59 Å². The number of amides is 3. The molecule has 3 amide bonds. The average Bonchev–Trinajstić information content (AvgIpc) is 3.24. The number of anilines is 1. The second kappa shape index (κ2) is 7.28. The van der Waals surface area contributed by atoms with Gasteiger partial charge in [-0.05, 0) is 48.1 Å². The highest BCUT2D eigenvalue weighted by atomic mass is 16.2. The van der Waals surface area contributed by atoms with Gasteiger partial charge in [0.15, 0.2) is 0 Å². The standard InChI is InChI=1S/C23H24N4O2/c28-22-10-9-20(25-22)16-6-3-7-18(13-16)24-23(29)26-11-4-12-27-19(15-26)14-17-5-1-2-8-21(17)27/h1-3,5-8,13-14,20H,4,9-12,15H2,(H,24,29)(H,25,28). The van der Waals surface area contributed by atoms with Crippen molar-refractivity contribution >= 4 is 28.5 Å². The Hall–Kier alpha value is -3.28. The van der Waals surface area contributed by atoms with Crippen LogP contribution in [0.1, 0.15) is 36.6 Å². The van der Waals surface area contributed by atoms with Crippen molar-refractivity contribution in [2.75, 3.05) is 11.9 Å². The maximum atomic E-state index is 13.0. The van der Waals surface area contributed by atoms with Gasteiger partial charge in [0.25, 0.3) is 0 Å². The van der Waals surface area contributed by atoms with E-state index in [0.717, 1.165) is 37.2 Å². The van der Waals surface area contributed by atoms with Gasteiger partial charge in [-0.15, -0.1) is 0 Å². The van der Waals surface area contributed by atoms with Crippen LogP contribution in [0.2, 0.25) is 0 Å². The van der Waals surface area contributed by atoms with Crippen molar-refractivity contribution in [2.24, 2.45) is 0 Å². The smallest absolute Gasteiger partial charge is 0.322 e. The summed E-state index contributed by atoms with van der Waals surface area (Å²) in [4.78, 5) is 26.3. The van der Waals surface area contributed by atoms with Crippen molar-refractivity contribution in [3.8, 4) is 0 Å². The van der Waals surface area contributed by atoms with Gasteiger partial charge in [-0.2, -0.15) is 0 Å². The topological polar surface area (TPSA) is 66.4 Å². The quantitative estimate of drug-likeness (QED) is 0.696. The number of fused-ring (bicyclic) bond motifs is 3. The molecule has 0 spiro atoms. The van der Waals surface area contributed by atoms with Crippen molar-refractivity contribution < 1.29 is 9.59 Å². The number of aromatic nitrogens is 1. The summed E-state index contributed by atoms with van der Waals surface area (Å²) in [5, 5.41) is 7.24. The summed E-state index contributed by atoms with van der Waals surface area (Å²) in [6, 6.07) is 18.3. The number of hydrogen-bond donors (Lipinski definition) is 2. The number of para-hydroxylation sites is 1. The zero-order valence-corrected chi connectivity index (χ0v) is 16.2. The van der Waals surface area contributed by atoms with E-state index in [1.165, 1.54) is 16.6 Å². The third-order valence-electron chi connectivity index (χ3n) is 5.88. The largest absolute Gasteiger partial charge is 0.349 e. The Morgan fingerprint density at radius 1 is 1.07 bits per heavy atom. The van der Waals surface area contributed by atoms with Crippen LogP contribution in [0.3, 0.4) is 0 Å². The fraction of sp³-hybridized carbons (Fsp3) is 0.304. The molecular formula is C23H24N4O2. The molecule has 1 fully saturated rings. The molecule has 5 rings (SSSR count). The summed E-state index contributed by atoms with van der Waals surface area (Å²) in [7, 11) is 0. The molecule has 3 aromatic rings. The minimum Gasteiger partial charge on any atom is -0.349 e. The van der Waals surface area contributed by atoms with E-state index in [-0.39, 0.29) is 18.0 Å². The number of benzene rings is 2. The first-order valence-electron chi connectivity index (χ1n) is 10.2. The van der Waals surface area contributed by atoms with E-state index in [0.29, 0.717) is 13.0 Å². The van der Waals surface area contributed by atoms with Crippen molar-refractivity contribution in [3.05, 3.63) is 65.9 Å². The van der Waals surface area contributed by atoms with Gasteiger partial charge >= 0.3 is 6.03 Å². The Labute approximate surface area is 169 Å². The van der Waals surface area contributed by atoms with Gasteiger partial charge in [-0.3, -0.25) is 4.79 Å². The Kier molecular flexibility index (Phi) is 4.46. The fourth-order valence-corrected chi connectivity index (χ4v) is 4.43. The molecular weight excluding hydrogens is 364 g/mol. The van der Waals surface area contributed by atoms with E-state index in [1.54, 1.807) is 0 Å². The fourth-order valence-electron chi connectivity index (χ4n) is 4.43. The molecule has 0 bridgehead atoms. The SMILES string of the molecule is O=C1CCC(c2cccc(NC(=O)N3CCCn4c(cc5ccccc54)C3)c2)N1. The third kappa shape index (κ3) is 3.46. The Morgan fingerprint density at radius 3 is 2.83 bits per heavy atom. The summed E-state index contributed by atoms with van der Waals surface area (Å²) in [5.74, 6) is 0.0874. The molecule has 2 N–H and O–H groups in total. The van der Waals surface area contributed by atoms with Gasteiger partial charge in [0.05, 0.1) is 12.6 Å². The highest BCUT2D eigenvalue weighted by Gasteiger charge is 2.23. The van der Waals surface area contributed by atoms with Crippen LogP contribution < -0.4 is 10.6 Å². The van der Waals surface area contributed by atoms with Crippen LogP contribution in [-0.4, -0.2) is 28.0 Å². The molecule has 6 nitrogen and oxygen atoms in total. The minimum atomic E-state index is -0.0867. The average molecular weight is 388 g/mol. The van der Waals surface area contributed by atoms with Gasteiger partial charge < -0.3 is 20.1 Å². The first-order chi connectivity index (χ1) is 14.2. The molecule has 2 aliphatic rings. The van der Waals surface area contributed by atoms with Gasteiger partial charge in [-0.1, -0.05) is 30.3 Å². The lowest BCUT2D eigenvalue weighted by Crippen LogP contribution is -2.34. The molecule has 6 heteroatoms. The second-order valence-corrected chi connectivity index (χ2v) is 7.84. The third-order valence-corrected chi connectivity index (χ3v) is 5.88. The van der Waals surface area contributed by atoms with E-state index < -0.39 is 0 Å². The van der Waals surface area contributed by atoms with Crippen LogP contribution in [0.15, 0.2) is 54.6 Å². The number of carbonyl (C=O) groups is 2. The van der Waals surface area contributed by atoms with Crippen molar-refractivity contribution in [3.63, 3.8) is 0 Å². The summed E-state index contributed by atoms with van der Waals surface area (Å²) >= 11 is 0. The van der Waals surface area contributed by atoms with Gasteiger partial charge in [0, 0.05) is 36.4 Å². The summed E-state index contributed by atoms with van der Waals surface area (Å²) in [6.45, 7) is 2.24. The lowest BCUT2D eigenvalue weighted by Gasteiger charge is -2.21. The predicted octanol–water partition coefficient (Wildman–Crippen LogP) is 4.03. The number of rotatable bonds is 2. The van der Waals surface area contributed by atoms with Crippen LogP contribution in [0.4, 0.5) is 10.5 Å². The first-order valence-corrected chi connectivity index (χ1v) is 10.2. The monoisotopic (exact) mass is 388 g/mol. The van der Waals surface area contributed by atoms with Gasteiger partial charge in [0.1, 0.15) is 0 Å². The molecule has 1 unspecified atom stereocenters. The number of aryl methyl sites for hydroxylation is 1. The zero-order valence-electron chi connectivity index (χ0n) is 16.2. The molecule has 29 heavy (non-hydrogen) atoms. The Morgan fingerprint density at radius 2 is 1.97 bits per heavy atom. The molecule has 0 aliphatic carbocycles. The lowest BCUT2D eigenvalue weighted by molar-refractivity contribution is -0.119. The predicted molar refractivity (Wildman–Crippen MR) is 113 cm³/mol. The maximum Gasteiger partial charge on any atom is 0.322 e. The molecule has 148 valence electrons. The van der Waals surface area contributed by atoms with Crippen molar-refractivity contribution in [1.82, 2.24) is 14.8 Å². The van der Waals surface area contributed by atoms with Crippen LogP contribution in [0.5, 0.6) is 0 Å². The molecule has 1 saturated heterocycles. The molecule has 1 atom stereocenters. The lowest BCUT2D eigenvalue weighted by atomic mass is 10.0. The van der Waals surface area contributed by atoms with Crippen molar-refractivity contribution in [2.45, 2.75) is 38.4 Å². The normalized spacial score (nSPS) is 19.0. The molecule has 2 aliphatic heterocycles. The van der Waals surface area contributed by atoms with Crippen LogP contribution in [0, 0.1) is 0 Å². The number of urea groups is 1. The summed E-state index contributed by atoms with van der Waals surface area (Å²) in [6.07, 6.45) is 2.28. The van der Waals surface area contributed by atoms with E-state index in [4.69, 9.17) is 0 Å². The Balaban J connectivity index is 1.32. The Bertz CT molecular complexity index is 1090. The zero-order chi connectivity index (χ0) is 19.8. The van der Waals surface area contributed by atoms with Gasteiger partial charge in [0.2, 0.25) is 5.91 Å².